The molecule has 1 aromatic rings. The predicted octanol–water partition coefficient (Wildman–Crippen LogP) is 2.24. The van der Waals surface area contributed by atoms with Crippen molar-refractivity contribution in [1.29, 1.82) is 0 Å². The zero-order chi connectivity index (χ0) is 19.7. The molecule has 1 saturated carbocycles. The van der Waals surface area contributed by atoms with Crippen molar-refractivity contribution >= 4 is 28.3 Å². The summed E-state index contributed by atoms with van der Waals surface area (Å²) in [5.74, 6) is 0.282. The molecule has 1 amide bonds. The monoisotopic (exact) mass is 429 g/mol. The standard InChI is InChI=1S/C20H31N3O3S.ClH/c1-15-5-3-4-10-20(15,14-21)22-27(25,26)19-7-6-17-8-11-23(16(2)24)12-9-18(17)13-19;/h6-7,13,15,22H,3-5,8-12,14,21H2,1-2H3;1H. The van der Waals surface area contributed by atoms with Gasteiger partial charge in [-0.1, -0.05) is 25.8 Å². The van der Waals surface area contributed by atoms with Gasteiger partial charge in [-0.3, -0.25) is 4.79 Å². The summed E-state index contributed by atoms with van der Waals surface area (Å²) in [6, 6.07) is 5.36. The Morgan fingerprint density at radius 1 is 1.25 bits per heavy atom. The first kappa shape index (κ1) is 23.1. The SMILES string of the molecule is CC(=O)N1CCc2ccc(S(=O)(=O)NC3(CN)CCCCC3C)cc2CC1.Cl. The molecule has 2 aliphatic rings. The van der Waals surface area contributed by atoms with Gasteiger partial charge < -0.3 is 10.6 Å². The number of hydrogen-bond donors (Lipinski definition) is 2. The zero-order valence-electron chi connectivity index (χ0n) is 16.7. The first-order chi connectivity index (χ1) is 12.8. The lowest BCUT2D eigenvalue weighted by atomic mass is 9.74. The number of rotatable bonds is 4. The van der Waals surface area contributed by atoms with Gasteiger partial charge >= 0.3 is 0 Å². The molecule has 0 saturated heterocycles. The van der Waals surface area contributed by atoms with E-state index in [2.05, 4.69) is 11.6 Å². The van der Waals surface area contributed by atoms with E-state index >= 15 is 0 Å². The van der Waals surface area contributed by atoms with E-state index in [-0.39, 0.29) is 24.2 Å². The van der Waals surface area contributed by atoms with Crippen molar-refractivity contribution in [3.05, 3.63) is 29.3 Å². The maximum atomic E-state index is 13.1. The van der Waals surface area contributed by atoms with Gasteiger partial charge in [0.05, 0.1) is 4.90 Å². The molecule has 2 unspecified atom stereocenters. The van der Waals surface area contributed by atoms with Crippen LogP contribution in [0.2, 0.25) is 0 Å². The average Bonchev–Trinajstić information content (AvgIpc) is 2.85. The average molecular weight is 430 g/mol. The van der Waals surface area contributed by atoms with E-state index in [9.17, 15) is 13.2 Å². The van der Waals surface area contributed by atoms with Crippen LogP contribution in [0, 0.1) is 5.92 Å². The summed E-state index contributed by atoms with van der Waals surface area (Å²) in [4.78, 5) is 13.8. The molecule has 2 atom stereocenters. The molecular weight excluding hydrogens is 398 g/mol. The van der Waals surface area contributed by atoms with E-state index in [0.717, 1.165) is 43.2 Å². The third-order valence-corrected chi connectivity index (χ3v) is 7.94. The van der Waals surface area contributed by atoms with Crippen molar-refractivity contribution in [2.24, 2.45) is 11.7 Å². The summed E-state index contributed by atoms with van der Waals surface area (Å²) in [6.07, 6.45) is 5.32. The van der Waals surface area contributed by atoms with Gasteiger partial charge in [0, 0.05) is 32.1 Å². The molecule has 28 heavy (non-hydrogen) atoms. The van der Waals surface area contributed by atoms with Gasteiger partial charge in [0.25, 0.3) is 0 Å². The van der Waals surface area contributed by atoms with Gasteiger partial charge in [0.15, 0.2) is 0 Å². The topological polar surface area (TPSA) is 92.5 Å². The number of sulfonamides is 1. The van der Waals surface area contributed by atoms with Crippen LogP contribution in [-0.4, -0.2) is 44.4 Å². The van der Waals surface area contributed by atoms with Crippen LogP contribution in [-0.2, 0) is 27.7 Å². The van der Waals surface area contributed by atoms with Crippen molar-refractivity contribution < 1.29 is 13.2 Å². The number of fused-ring (bicyclic) bond motifs is 1. The first-order valence-corrected chi connectivity index (χ1v) is 11.4. The number of hydrogen-bond acceptors (Lipinski definition) is 4. The maximum absolute atomic E-state index is 13.1. The molecule has 1 aliphatic carbocycles. The number of carbonyl (C=O) groups excluding carboxylic acids is 1. The predicted molar refractivity (Wildman–Crippen MR) is 113 cm³/mol. The molecule has 3 rings (SSSR count). The summed E-state index contributed by atoms with van der Waals surface area (Å²) in [5.41, 5.74) is 7.60. The number of nitrogens with two attached hydrogens (primary N) is 1. The summed E-state index contributed by atoms with van der Waals surface area (Å²) in [5, 5.41) is 0. The number of nitrogens with one attached hydrogen (secondary N) is 1. The van der Waals surface area contributed by atoms with E-state index in [0.29, 0.717) is 31.0 Å². The van der Waals surface area contributed by atoms with Crippen molar-refractivity contribution in [2.75, 3.05) is 19.6 Å². The molecule has 1 aliphatic heterocycles. The molecule has 0 aromatic heterocycles. The largest absolute Gasteiger partial charge is 0.342 e. The van der Waals surface area contributed by atoms with E-state index in [4.69, 9.17) is 5.73 Å². The summed E-state index contributed by atoms with van der Waals surface area (Å²) in [6.45, 7) is 5.28. The smallest absolute Gasteiger partial charge is 0.241 e. The number of carbonyl (C=O) groups is 1. The van der Waals surface area contributed by atoms with Crippen LogP contribution in [0.1, 0.15) is 50.7 Å². The molecule has 6 nitrogen and oxygen atoms in total. The number of halogens is 1. The Labute approximate surface area is 174 Å². The van der Waals surface area contributed by atoms with Crippen LogP contribution in [0.5, 0.6) is 0 Å². The number of nitrogens with zero attached hydrogens (tertiary/aromatic N) is 1. The quantitative estimate of drug-likeness (QED) is 0.767. The van der Waals surface area contributed by atoms with E-state index in [1.165, 1.54) is 0 Å². The van der Waals surface area contributed by atoms with Crippen molar-refractivity contribution in [2.45, 2.75) is 62.8 Å². The fourth-order valence-corrected chi connectivity index (χ4v) is 6.00. The lowest BCUT2D eigenvalue weighted by Gasteiger charge is -2.42. The first-order valence-electron chi connectivity index (χ1n) is 9.89. The lowest BCUT2D eigenvalue weighted by Crippen LogP contribution is -2.58. The fraction of sp³-hybridized carbons (Fsp3) is 0.650. The van der Waals surface area contributed by atoms with Crippen LogP contribution in [0.3, 0.4) is 0 Å². The highest BCUT2D eigenvalue weighted by molar-refractivity contribution is 7.89. The van der Waals surface area contributed by atoms with Crippen LogP contribution < -0.4 is 10.5 Å². The molecule has 0 spiro atoms. The molecular formula is C20H32ClN3O3S. The minimum Gasteiger partial charge on any atom is -0.342 e. The number of benzene rings is 1. The second-order valence-electron chi connectivity index (χ2n) is 8.05. The van der Waals surface area contributed by atoms with E-state index in [1.54, 1.807) is 19.1 Å². The summed E-state index contributed by atoms with van der Waals surface area (Å²) >= 11 is 0. The van der Waals surface area contributed by atoms with Crippen LogP contribution >= 0.6 is 12.4 Å². The normalized spacial score (nSPS) is 25.4. The van der Waals surface area contributed by atoms with Gasteiger partial charge in [-0.2, -0.15) is 0 Å². The summed E-state index contributed by atoms with van der Waals surface area (Å²) < 4.78 is 29.2. The molecule has 0 radical (unpaired) electrons. The molecule has 8 heteroatoms. The minimum absolute atomic E-state index is 0. The third-order valence-electron chi connectivity index (χ3n) is 6.39. The molecule has 1 heterocycles. The van der Waals surface area contributed by atoms with Crippen LogP contribution in [0.4, 0.5) is 0 Å². The third kappa shape index (κ3) is 4.70. The molecule has 0 bridgehead atoms. The van der Waals surface area contributed by atoms with Gasteiger partial charge in [0.2, 0.25) is 15.9 Å². The van der Waals surface area contributed by atoms with Gasteiger partial charge in [0.1, 0.15) is 0 Å². The van der Waals surface area contributed by atoms with E-state index < -0.39 is 15.6 Å². The Kier molecular flexibility index (Phi) is 7.53. The summed E-state index contributed by atoms with van der Waals surface area (Å²) in [7, 11) is -3.65. The van der Waals surface area contributed by atoms with Crippen molar-refractivity contribution in [1.82, 2.24) is 9.62 Å². The second kappa shape index (κ2) is 9.11. The van der Waals surface area contributed by atoms with Gasteiger partial charge in [-0.05, 0) is 54.9 Å². The zero-order valence-corrected chi connectivity index (χ0v) is 18.4. The van der Waals surface area contributed by atoms with Crippen LogP contribution in [0.15, 0.2) is 23.1 Å². The molecule has 3 N–H and O–H groups in total. The Balaban J connectivity index is 0.00000280. The molecule has 158 valence electrons. The van der Waals surface area contributed by atoms with Crippen molar-refractivity contribution in [3.63, 3.8) is 0 Å². The highest BCUT2D eigenvalue weighted by atomic mass is 35.5. The van der Waals surface area contributed by atoms with Gasteiger partial charge in [-0.15, -0.1) is 12.4 Å². The molecule has 1 fully saturated rings. The van der Waals surface area contributed by atoms with Crippen molar-refractivity contribution in [3.8, 4) is 0 Å². The highest BCUT2D eigenvalue weighted by Gasteiger charge is 2.40. The Bertz CT molecular complexity index is 815. The highest BCUT2D eigenvalue weighted by Crippen LogP contribution is 2.34. The lowest BCUT2D eigenvalue weighted by molar-refractivity contribution is -0.128. The Morgan fingerprint density at radius 3 is 2.54 bits per heavy atom. The van der Waals surface area contributed by atoms with E-state index in [1.807, 2.05) is 11.0 Å². The minimum atomic E-state index is -3.65. The fourth-order valence-electron chi connectivity index (χ4n) is 4.42. The maximum Gasteiger partial charge on any atom is 0.241 e. The van der Waals surface area contributed by atoms with Gasteiger partial charge in [-0.25, -0.2) is 13.1 Å². The number of amides is 1. The Hall–Kier alpha value is -1.15. The molecule has 1 aromatic carbocycles. The van der Waals surface area contributed by atoms with Crippen LogP contribution in [0.25, 0.3) is 0 Å². The Morgan fingerprint density at radius 2 is 1.93 bits per heavy atom. The second-order valence-corrected chi connectivity index (χ2v) is 9.73.